The zero-order chi connectivity index (χ0) is 13.7. The molecule has 18 heavy (non-hydrogen) atoms. The van der Waals surface area contributed by atoms with Gasteiger partial charge in [-0.3, -0.25) is 4.79 Å². The van der Waals surface area contributed by atoms with E-state index in [-0.39, 0.29) is 17.6 Å². The van der Waals surface area contributed by atoms with E-state index in [1.807, 2.05) is 13.8 Å². The summed E-state index contributed by atoms with van der Waals surface area (Å²) in [5.41, 5.74) is 0.491. The molecule has 0 aliphatic heterocycles. The minimum absolute atomic E-state index is 0.0588. The molecule has 1 unspecified atom stereocenters. The molecule has 1 rings (SSSR count). The minimum Gasteiger partial charge on any atom is -0.477 e. The maximum atomic E-state index is 11.7. The number of carbonyl (C=O) groups is 2. The molecule has 1 amide bonds. The molecule has 0 aromatic carbocycles. The monoisotopic (exact) mass is 251 g/mol. The van der Waals surface area contributed by atoms with Crippen LogP contribution >= 0.6 is 0 Å². The maximum Gasteiger partial charge on any atom is 0.354 e. The number of amides is 1. The Bertz CT molecular complexity index is 446. The Labute approximate surface area is 105 Å². The second kappa shape index (κ2) is 6.00. The molecule has 0 saturated heterocycles. The SMILES string of the molecule is CC(C)NC(=O)C(C)Nc1ccnc(C(=O)O)c1. The molecular formula is C12H17N3O3. The van der Waals surface area contributed by atoms with Crippen LogP contribution in [0.5, 0.6) is 0 Å². The van der Waals surface area contributed by atoms with Crippen molar-refractivity contribution in [1.29, 1.82) is 0 Å². The van der Waals surface area contributed by atoms with Crippen LogP contribution < -0.4 is 10.6 Å². The van der Waals surface area contributed by atoms with Crippen molar-refractivity contribution in [2.24, 2.45) is 0 Å². The van der Waals surface area contributed by atoms with E-state index in [9.17, 15) is 9.59 Å². The number of carbonyl (C=O) groups excluding carboxylic acids is 1. The van der Waals surface area contributed by atoms with Crippen LogP contribution in [0.3, 0.4) is 0 Å². The fourth-order valence-electron chi connectivity index (χ4n) is 1.36. The summed E-state index contributed by atoms with van der Waals surface area (Å²) in [5.74, 6) is -1.24. The number of hydrogen-bond acceptors (Lipinski definition) is 4. The van der Waals surface area contributed by atoms with Crippen LogP contribution in [-0.4, -0.2) is 34.1 Å². The number of nitrogens with one attached hydrogen (secondary N) is 2. The summed E-state index contributed by atoms with van der Waals surface area (Å²) in [6.07, 6.45) is 1.39. The van der Waals surface area contributed by atoms with Gasteiger partial charge in [0.15, 0.2) is 0 Å². The summed E-state index contributed by atoms with van der Waals surface area (Å²) in [4.78, 5) is 26.1. The van der Waals surface area contributed by atoms with Gasteiger partial charge in [0.05, 0.1) is 0 Å². The van der Waals surface area contributed by atoms with Crippen molar-refractivity contribution in [2.75, 3.05) is 5.32 Å². The average Bonchev–Trinajstić information content (AvgIpc) is 2.28. The Morgan fingerprint density at radius 2 is 2.00 bits per heavy atom. The number of aromatic nitrogens is 1. The highest BCUT2D eigenvalue weighted by molar-refractivity contribution is 5.87. The topological polar surface area (TPSA) is 91.3 Å². The first-order chi connectivity index (χ1) is 8.40. The van der Waals surface area contributed by atoms with E-state index in [1.165, 1.54) is 12.3 Å². The van der Waals surface area contributed by atoms with E-state index in [1.54, 1.807) is 13.0 Å². The van der Waals surface area contributed by atoms with E-state index in [4.69, 9.17) is 5.11 Å². The van der Waals surface area contributed by atoms with Gasteiger partial charge in [0.25, 0.3) is 0 Å². The summed E-state index contributed by atoms with van der Waals surface area (Å²) in [7, 11) is 0. The first kappa shape index (κ1) is 14.0. The number of pyridine rings is 1. The predicted molar refractivity (Wildman–Crippen MR) is 67.6 cm³/mol. The van der Waals surface area contributed by atoms with Gasteiger partial charge in [-0.25, -0.2) is 9.78 Å². The van der Waals surface area contributed by atoms with Gasteiger partial charge in [-0.1, -0.05) is 0 Å². The largest absolute Gasteiger partial charge is 0.477 e. The molecule has 0 saturated carbocycles. The Kier molecular flexibility index (Phi) is 4.65. The lowest BCUT2D eigenvalue weighted by Crippen LogP contribution is -2.41. The van der Waals surface area contributed by atoms with Crippen LogP contribution in [-0.2, 0) is 4.79 Å². The second-order valence-electron chi connectivity index (χ2n) is 4.26. The van der Waals surface area contributed by atoms with E-state index >= 15 is 0 Å². The van der Waals surface area contributed by atoms with Crippen LogP contribution in [0.25, 0.3) is 0 Å². The Morgan fingerprint density at radius 1 is 1.33 bits per heavy atom. The number of anilines is 1. The van der Waals surface area contributed by atoms with E-state index < -0.39 is 12.0 Å². The zero-order valence-corrected chi connectivity index (χ0v) is 10.6. The molecule has 0 aliphatic carbocycles. The summed E-state index contributed by atoms with van der Waals surface area (Å²) in [5, 5.41) is 14.5. The van der Waals surface area contributed by atoms with E-state index in [0.717, 1.165) is 0 Å². The van der Waals surface area contributed by atoms with Gasteiger partial charge in [-0.05, 0) is 32.9 Å². The molecule has 0 fully saturated rings. The highest BCUT2D eigenvalue weighted by Crippen LogP contribution is 2.09. The van der Waals surface area contributed by atoms with Gasteiger partial charge in [-0.2, -0.15) is 0 Å². The van der Waals surface area contributed by atoms with Crippen molar-refractivity contribution < 1.29 is 14.7 Å². The number of carboxylic acid groups (broad SMARTS) is 1. The predicted octanol–water partition coefficient (Wildman–Crippen LogP) is 1.10. The van der Waals surface area contributed by atoms with Crippen molar-refractivity contribution >= 4 is 17.6 Å². The molecule has 1 aromatic rings. The standard InChI is InChI=1S/C12H17N3O3/c1-7(2)14-11(16)8(3)15-9-4-5-13-10(6-9)12(17)18/h4-8H,1-3H3,(H,13,15)(H,14,16)(H,17,18). The van der Waals surface area contributed by atoms with Gasteiger partial charge in [0.2, 0.25) is 5.91 Å². The normalized spacial score (nSPS) is 12.0. The third-order valence-corrected chi connectivity index (χ3v) is 2.19. The maximum absolute atomic E-state index is 11.7. The van der Waals surface area contributed by atoms with Crippen LogP contribution in [0.1, 0.15) is 31.3 Å². The van der Waals surface area contributed by atoms with Gasteiger partial charge in [-0.15, -0.1) is 0 Å². The first-order valence-electron chi connectivity index (χ1n) is 5.66. The molecule has 6 heteroatoms. The fourth-order valence-corrected chi connectivity index (χ4v) is 1.36. The van der Waals surface area contributed by atoms with Gasteiger partial charge in [0.1, 0.15) is 11.7 Å². The van der Waals surface area contributed by atoms with Gasteiger partial charge < -0.3 is 15.7 Å². The molecule has 1 atom stereocenters. The molecule has 98 valence electrons. The summed E-state index contributed by atoms with van der Waals surface area (Å²) < 4.78 is 0. The zero-order valence-electron chi connectivity index (χ0n) is 10.6. The van der Waals surface area contributed by atoms with Crippen LogP contribution in [0.15, 0.2) is 18.3 Å². The second-order valence-corrected chi connectivity index (χ2v) is 4.26. The van der Waals surface area contributed by atoms with Crippen molar-refractivity contribution in [2.45, 2.75) is 32.9 Å². The fraction of sp³-hybridized carbons (Fsp3) is 0.417. The lowest BCUT2D eigenvalue weighted by molar-refractivity contribution is -0.122. The van der Waals surface area contributed by atoms with Crippen molar-refractivity contribution in [3.05, 3.63) is 24.0 Å². The Balaban J connectivity index is 2.69. The third kappa shape index (κ3) is 4.04. The average molecular weight is 251 g/mol. The number of carboxylic acids is 1. The molecule has 0 radical (unpaired) electrons. The molecule has 0 bridgehead atoms. The van der Waals surface area contributed by atoms with Crippen LogP contribution in [0, 0.1) is 0 Å². The summed E-state index contributed by atoms with van der Waals surface area (Å²) in [6, 6.07) is 2.62. The summed E-state index contributed by atoms with van der Waals surface area (Å²) in [6.45, 7) is 5.46. The molecule has 1 aromatic heterocycles. The quantitative estimate of drug-likeness (QED) is 0.729. The highest BCUT2D eigenvalue weighted by Gasteiger charge is 2.14. The number of rotatable bonds is 5. The minimum atomic E-state index is -1.10. The molecule has 0 spiro atoms. The third-order valence-electron chi connectivity index (χ3n) is 2.19. The first-order valence-corrected chi connectivity index (χ1v) is 5.66. The van der Waals surface area contributed by atoms with Crippen LogP contribution in [0.2, 0.25) is 0 Å². The van der Waals surface area contributed by atoms with Crippen molar-refractivity contribution in [1.82, 2.24) is 10.3 Å². The van der Waals surface area contributed by atoms with Gasteiger partial charge in [0, 0.05) is 17.9 Å². The molecule has 0 aliphatic rings. The molecular weight excluding hydrogens is 234 g/mol. The molecule has 3 N–H and O–H groups in total. The lowest BCUT2D eigenvalue weighted by Gasteiger charge is -2.17. The number of nitrogens with zero attached hydrogens (tertiary/aromatic N) is 1. The van der Waals surface area contributed by atoms with Crippen molar-refractivity contribution in [3.63, 3.8) is 0 Å². The van der Waals surface area contributed by atoms with Crippen molar-refractivity contribution in [3.8, 4) is 0 Å². The highest BCUT2D eigenvalue weighted by atomic mass is 16.4. The Morgan fingerprint density at radius 3 is 2.56 bits per heavy atom. The summed E-state index contributed by atoms with van der Waals surface area (Å²) >= 11 is 0. The van der Waals surface area contributed by atoms with Crippen LogP contribution in [0.4, 0.5) is 5.69 Å². The Hall–Kier alpha value is -2.11. The number of hydrogen-bond donors (Lipinski definition) is 3. The molecule has 1 heterocycles. The lowest BCUT2D eigenvalue weighted by atomic mass is 10.2. The number of aromatic carboxylic acids is 1. The molecule has 6 nitrogen and oxygen atoms in total. The smallest absolute Gasteiger partial charge is 0.354 e. The van der Waals surface area contributed by atoms with E-state index in [2.05, 4.69) is 15.6 Å². The van der Waals surface area contributed by atoms with Gasteiger partial charge >= 0.3 is 5.97 Å². The van der Waals surface area contributed by atoms with E-state index in [0.29, 0.717) is 5.69 Å².